The minimum atomic E-state index is -3.76. The molecular formula is C27H39N3O4S. The zero-order valence-electron chi connectivity index (χ0n) is 22.0. The molecule has 0 aliphatic rings. The van der Waals surface area contributed by atoms with Crippen LogP contribution in [0.4, 0.5) is 5.69 Å². The number of hydrogen-bond donors (Lipinski definition) is 1. The molecule has 35 heavy (non-hydrogen) atoms. The van der Waals surface area contributed by atoms with E-state index in [2.05, 4.69) is 5.32 Å². The van der Waals surface area contributed by atoms with Crippen LogP contribution in [0.15, 0.2) is 42.5 Å². The van der Waals surface area contributed by atoms with Crippen LogP contribution in [-0.2, 0) is 26.2 Å². The van der Waals surface area contributed by atoms with Gasteiger partial charge in [0.1, 0.15) is 12.6 Å². The van der Waals surface area contributed by atoms with Crippen molar-refractivity contribution in [2.24, 2.45) is 0 Å². The number of benzene rings is 2. The molecule has 1 N–H and O–H groups in total. The van der Waals surface area contributed by atoms with E-state index >= 15 is 0 Å². The fourth-order valence-corrected chi connectivity index (χ4v) is 4.99. The molecule has 2 aromatic carbocycles. The Bertz CT molecular complexity index is 1110. The quantitative estimate of drug-likeness (QED) is 0.502. The van der Waals surface area contributed by atoms with Gasteiger partial charge in [-0.25, -0.2) is 8.42 Å². The van der Waals surface area contributed by atoms with Gasteiger partial charge >= 0.3 is 0 Å². The molecule has 192 valence electrons. The number of anilines is 1. The first-order valence-corrected chi connectivity index (χ1v) is 13.9. The van der Waals surface area contributed by atoms with Crippen LogP contribution in [0.5, 0.6) is 0 Å². The van der Waals surface area contributed by atoms with Crippen LogP contribution < -0.4 is 9.62 Å². The number of hydrogen-bond acceptors (Lipinski definition) is 4. The van der Waals surface area contributed by atoms with Crippen molar-refractivity contribution < 1.29 is 18.0 Å². The van der Waals surface area contributed by atoms with Crippen LogP contribution >= 0.6 is 0 Å². The van der Waals surface area contributed by atoms with Crippen molar-refractivity contribution in [1.29, 1.82) is 0 Å². The Hall–Kier alpha value is -2.87. The molecule has 0 radical (unpaired) electrons. The fourth-order valence-electron chi connectivity index (χ4n) is 4.03. The Kier molecular flexibility index (Phi) is 9.89. The molecule has 8 heteroatoms. The summed E-state index contributed by atoms with van der Waals surface area (Å²) in [4.78, 5) is 28.4. The van der Waals surface area contributed by atoms with E-state index in [1.807, 2.05) is 84.0 Å². The topological polar surface area (TPSA) is 86.8 Å². The second-order valence-electron chi connectivity index (χ2n) is 9.26. The van der Waals surface area contributed by atoms with Gasteiger partial charge in [0.25, 0.3) is 0 Å². The van der Waals surface area contributed by atoms with E-state index in [1.165, 1.54) is 4.90 Å². The third kappa shape index (κ3) is 7.56. The number of nitrogens with one attached hydrogen (secondary N) is 1. The lowest BCUT2D eigenvalue weighted by molar-refractivity contribution is -0.140. The Morgan fingerprint density at radius 3 is 2.00 bits per heavy atom. The summed E-state index contributed by atoms with van der Waals surface area (Å²) >= 11 is 0. The number of carbonyl (C=O) groups is 2. The molecule has 0 saturated heterocycles. The molecular weight excluding hydrogens is 462 g/mol. The summed E-state index contributed by atoms with van der Waals surface area (Å²) in [6.07, 6.45) is 2.27. The highest BCUT2D eigenvalue weighted by Gasteiger charge is 2.32. The van der Waals surface area contributed by atoms with Gasteiger partial charge in [-0.3, -0.25) is 13.9 Å². The van der Waals surface area contributed by atoms with Gasteiger partial charge in [0, 0.05) is 12.6 Å². The summed E-state index contributed by atoms with van der Waals surface area (Å²) in [6, 6.07) is 12.5. The number of carbonyl (C=O) groups excluding carboxylic acids is 2. The molecule has 7 nitrogen and oxygen atoms in total. The van der Waals surface area contributed by atoms with Crippen molar-refractivity contribution in [3.8, 4) is 0 Å². The van der Waals surface area contributed by atoms with E-state index in [0.29, 0.717) is 12.1 Å². The fraction of sp³-hybridized carbons (Fsp3) is 0.481. The Morgan fingerprint density at radius 1 is 0.943 bits per heavy atom. The van der Waals surface area contributed by atoms with Gasteiger partial charge in [0.05, 0.1) is 11.9 Å². The van der Waals surface area contributed by atoms with E-state index in [1.54, 1.807) is 0 Å². The lowest BCUT2D eigenvalue weighted by Gasteiger charge is -2.34. The SMILES string of the molecule is CCC(C)NC(=O)C(CC)N(Cc1ccc(C)cc1)C(=O)CN(c1c(C)cccc1C)S(C)(=O)=O. The zero-order chi connectivity index (χ0) is 26.3. The molecule has 2 atom stereocenters. The van der Waals surface area contributed by atoms with Gasteiger partial charge in [-0.2, -0.15) is 0 Å². The second-order valence-corrected chi connectivity index (χ2v) is 11.2. The van der Waals surface area contributed by atoms with Crippen molar-refractivity contribution in [2.45, 2.75) is 73.0 Å². The largest absolute Gasteiger partial charge is 0.352 e. The van der Waals surface area contributed by atoms with E-state index in [9.17, 15) is 18.0 Å². The maximum atomic E-state index is 13.8. The first-order chi connectivity index (χ1) is 16.4. The maximum Gasteiger partial charge on any atom is 0.244 e. The molecule has 2 rings (SSSR count). The van der Waals surface area contributed by atoms with Crippen molar-refractivity contribution in [2.75, 3.05) is 17.1 Å². The average molecular weight is 502 g/mol. The van der Waals surface area contributed by atoms with E-state index in [4.69, 9.17) is 0 Å². The van der Waals surface area contributed by atoms with E-state index in [0.717, 1.165) is 39.2 Å². The molecule has 2 amide bonds. The van der Waals surface area contributed by atoms with Crippen LogP contribution in [0, 0.1) is 20.8 Å². The molecule has 0 bridgehead atoms. The van der Waals surface area contributed by atoms with Crippen molar-refractivity contribution in [3.63, 3.8) is 0 Å². The standard InChI is InChI=1S/C27H39N3O4S/c1-8-22(6)28-27(32)24(9-2)29(17-23-15-13-19(3)14-16-23)25(31)18-30(35(7,33)34)26-20(4)11-10-12-21(26)5/h10-16,22,24H,8-9,17-18H2,1-7H3,(H,28,32). The van der Waals surface area contributed by atoms with Crippen molar-refractivity contribution in [3.05, 3.63) is 64.7 Å². The molecule has 0 fully saturated rings. The van der Waals surface area contributed by atoms with Gasteiger partial charge in [-0.1, -0.05) is 61.9 Å². The summed E-state index contributed by atoms with van der Waals surface area (Å²) in [5, 5.41) is 2.98. The van der Waals surface area contributed by atoms with Gasteiger partial charge in [-0.15, -0.1) is 0 Å². The van der Waals surface area contributed by atoms with Gasteiger partial charge in [0.2, 0.25) is 21.8 Å². The highest BCUT2D eigenvalue weighted by molar-refractivity contribution is 7.92. The van der Waals surface area contributed by atoms with Crippen LogP contribution in [-0.4, -0.2) is 50.0 Å². The lowest BCUT2D eigenvalue weighted by atomic mass is 10.1. The van der Waals surface area contributed by atoms with Gasteiger partial charge in [-0.05, 0) is 57.2 Å². The first kappa shape index (κ1) is 28.4. The van der Waals surface area contributed by atoms with E-state index < -0.39 is 22.0 Å². The van der Waals surface area contributed by atoms with Gasteiger partial charge < -0.3 is 10.2 Å². The average Bonchev–Trinajstić information content (AvgIpc) is 2.78. The van der Waals surface area contributed by atoms with E-state index in [-0.39, 0.29) is 25.0 Å². The van der Waals surface area contributed by atoms with Crippen LogP contribution in [0.25, 0.3) is 0 Å². The number of nitrogens with zero attached hydrogens (tertiary/aromatic N) is 2. The van der Waals surface area contributed by atoms with Crippen molar-refractivity contribution >= 4 is 27.5 Å². The minimum Gasteiger partial charge on any atom is -0.352 e. The third-order valence-corrected chi connectivity index (χ3v) is 7.34. The Labute approximate surface area is 210 Å². The number of sulfonamides is 1. The highest BCUT2D eigenvalue weighted by Crippen LogP contribution is 2.27. The predicted octanol–water partition coefficient (Wildman–Crippen LogP) is 4.10. The number of para-hydroxylation sites is 1. The summed E-state index contributed by atoms with van der Waals surface area (Å²) < 4.78 is 26.8. The van der Waals surface area contributed by atoms with Gasteiger partial charge in [0.15, 0.2) is 0 Å². The van der Waals surface area contributed by atoms with Crippen LogP contribution in [0.2, 0.25) is 0 Å². The summed E-state index contributed by atoms with van der Waals surface area (Å²) in [5.41, 5.74) is 3.98. The van der Waals surface area contributed by atoms with Crippen LogP contribution in [0.1, 0.15) is 55.9 Å². The summed E-state index contributed by atoms with van der Waals surface area (Å²) in [7, 11) is -3.76. The molecule has 0 aliphatic heterocycles. The smallest absolute Gasteiger partial charge is 0.244 e. The number of rotatable bonds is 11. The minimum absolute atomic E-state index is 0.0324. The van der Waals surface area contributed by atoms with Crippen LogP contribution in [0.3, 0.4) is 0 Å². The monoisotopic (exact) mass is 501 g/mol. The lowest BCUT2D eigenvalue weighted by Crippen LogP contribution is -2.53. The number of amides is 2. The third-order valence-electron chi connectivity index (χ3n) is 6.23. The maximum absolute atomic E-state index is 13.8. The zero-order valence-corrected chi connectivity index (χ0v) is 22.8. The Balaban J connectivity index is 2.49. The highest BCUT2D eigenvalue weighted by atomic mass is 32.2. The first-order valence-electron chi connectivity index (χ1n) is 12.1. The predicted molar refractivity (Wildman–Crippen MR) is 142 cm³/mol. The normalized spacial score (nSPS) is 13.1. The molecule has 2 unspecified atom stereocenters. The Morgan fingerprint density at radius 2 is 1.51 bits per heavy atom. The number of aryl methyl sites for hydroxylation is 3. The summed E-state index contributed by atoms with van der Waals surface area (Å²) in [6.45, 7) is 11.2. The molecule has 0 spiro atoms. The molecule has 0 aromatic heterocycles. The molecule has 2 aromatic rings. The summed E-state index contributed by atoms with van der Waals surface area (Å²) in [5.74, 6) is -0.662. The second kappa shape index (κ2) is 12.2. The molecule has 0 heterocycles. The van der Waals surface area contributed by atoms with Crippen molar-refractivity contribution in [1.82, 2.24) is 10.2 Å². The molecule has 0 aliphatic carbocycles. The molecule has 0 saturated carbocycles.